The number of fused-ring (bicyclic) bond motifs is 1. The van der Waals surface area contributed by atoms with E-state index in [1.54, 1.807) is 5.57 Å². The molecule has 1 nitrogen and oxygen atoms in total. The molecule has 170 valence electrons. The highest BCUT2D eigenvalue weighted by Gasteiger charge is 2.50. The van der Waals surface area contributed by atoms with Gasteiger partial charge in [0.2, 0.25) is 0 Å². The van der Waals surface area contributed by atoms with Gasteiger partial charge in [0.05, 0.1) is 6.10 Å². The zero-order valence-electron chi connectivity index (χ0n) is 20.9. The molecule has 2 fully saturated rings. The number of allylic oxidation sites excluding steroid dienone is 5. The molecule has 0 aromatic heterocycles. The zero-order chi connectivity index (χ0) is 22.5. The van der Waals surface area contributed by atoms with E-state index in [0.29, 0.717) is 29.1 Å². The van der Waals surface area contributed by atoms with Crippen LogP contribution in [0.4, 0.5) is 0 Å². The van der Waals surface area contributed by atoms with Gasteiger partial charge in [-0.1, -0.05) is 84.9 Å². The Labute approximate surface area is 187 Å². The summed E-state index contributed by atoms with van der Waals surface area (Å²) in [6.07, 6.45) is 17.5. The molecule has 2 rings (SSSR count). The zero-order valence-corrected chi connectivity index (χ0v) is 20.9. The smallest absolute Gasteiger partial charge is 0.0784 e. The van der Waals surface area contributed by atoms with Gasteiger partial charge in [-0.2, -0.15) is 0 Å². The average Bonchev–Trinajstić information content (AvgIpc) is 3.08. The summed E-state index contributed by atoms with van der Waals surface area (Å²) < 4.78 is 0. The second kappa shape index (κ2) is 11.0. The molecule has 0 radical (unpaired) electrons. The third kappa shape index (κ3) is 5.58. The Balaban J connectivity index is 2.20. The lowest BCUT2D eigenvalue weighted by Crippen LogP contribution is -2.35. The molecule has 0 bridgehead atoms. The van der Waals surface area contributed by atoms with Gasteiger partial charge < -0.3 is 5.11 Å². The van der Waals surface area contributed by atoms with Crippen molar-refractivity contribution in [3.63, 3.8) is 0 Å². The maximum Gasteiger partial charge on any atom is 0.0784 e. The molecule has 2 aliphatic carbocycles. The van der Waals surface area contributed by atoms with E-state index >= 15 is 0 Å². The fourth-order valence-corrected chi connectivity index (χ4v) is 5.97. The molecule has 1 N–H and O–H groups in total. The summed E-state index contributed by atoms with van der Waals surface area (Å²) in [6.45, 7) is 20.4. The van der Waals surface area contributed by atoms with Gasteiger partial charge in [-0.25, -0.2) is 0 Å². The first-order chi connectivity index (χ1) is 14.2. The minimum absolute atomic E-state index is 0.414. The molecule has 0 aliphatic heterocycles. The predicted octanol–water partition coefficient (Wildman–Crippen LogP) is 8.28. The molecule has 1 unspecified atom stereocenters. The van der Waals surface area contributed by atoms with Crippen LogP contribution >= 0.6 is 0 Å². The molecule has 6 atom stereocenters. The van der Waals surface area contributed by atoms with Crippen LogP contribution in [0.25, 0.3) is 0 Å². The normalized spacial score (nSPS) is 31.9. The lowest BCUT2D eigenvalue weighted by molar-refractivity contribution is 0.112. The van der Waals surface area contributed by atoms with Crippen molar-refractivity contribution in [3.8, 4) is 0 Å². The number of aliphatic hydroxyl groups is 1. The summed E-state index contributed by atoms with van der Waals surface area (Å²) in [5.41, 5.74) is 4.17. The second-order valence-corrected chi connectivity index (χ2v) is 10.7. The van der Waals surface area contributed by atoms with Crippen LogP contribution in [-0.4, -0.2) is 11.2 Å². The van der Waals surface area contributed by atoms with Crippen LogP contribution in [0.1, 0.15) is 93.4 Å². The van der Waals surface area contributed by atoms with E-state index in [4.69, 9.17) is 0 Å². The molecule has 0 amide bonds. The molecule has 1 heteroatoms. The Morgan fingerprint density at radius 1 is 1.17 bits per heavy atom. The largest absolute Gasteiger partial charge is 0.388 e. The molecular weight excluding hydrogens is 364 g/mol. The van der Waals surface area contributed by atoms with Gasteiger partial charge >= 0.3 is 0 Å². The molecular formula is C29H48O. The van der Waals surface area contributed by atoms with Gasteiger partial charge in [-0.05, 0) is 91.1 Å². The third-order valence-electron chi connectivity index (χ3n) is 8.52. The van der Waals surface area contributed by atoms with Gasteiger partial charge in [-0.3, -0.25) is 0 Å². The van der Waals surface area contributed by atoms with Crippen molar-refractivity contribution in [3.05, 3.63) is 47.6 Å². The average molecular weight is 413 g/mol. The highest BCUT2D eigenvalue weighted by molar-refractivity contribution is 5.36. The minimum Gasteiger partial charge on any atom is -0.388 e. The van der Waals surface area contributed by atoms with Crippen molar-refractivity contribution in [2.45, 2.75) is 99.5 Å². The van der Waals surface area contributed by atoms with Crippen molar-refractivity contribution >= 4 is 0 Å². The second-order valence-electron chi connectivity index (χ2n) is 10.7. The molecule has 0 saturated heterocycles. The van der Waals surface area contributed by atoms with Gasteiger partial charge in [0.1, 0.15) is 0 Å². The molecule has 0 aromatic rings. The fourth-order valence-electron chi connectivity index (χ4n) is 5.97. The van der Waals surface area contributed by atoms with Crippen LogP contribution in [0.5, 0.6) is 0 Å². The van der Waals surface area contributed by atoms with Crippen LogP contribution in [0.3, 0.4) is 0 Å². The van der Waals surface area contributed by atoms with Gasteiger partial charge in [0.25, 0.3) is 0 Å². The van der Waals surface area contributed by atoms with Crippen LogP contribution in [0, 0.1) is 35.0 Å². The van der Waals surface area contributed by atoms with Crippen molar-refractivity contribution in [1.82, 2.24) is 0 Å². The maximum absolute atomic E-state index is 10.2. The van der Waals surface area contributed by atoms with E-state index in [9.17, 15) is 5.11 Å². The molecule has 2 saturated carbocycles. The fraction of sp³-hybridized carbons (Fsp3) is 0.724. The summed E-state index contributed by atoms with van der Waals surface area (Å²) >= 11 is 0. The summed E-state index contributed by atoms with van der Waals surface area (Å²) in [6, 6.07) is 0. The highest BCUT2D eigenvalue weighted by atomic mass is 16.3. The lowest BCUT2D eigenvalue weighted by Gasteiger charge is -2.44. The Morgan fingerprint density at radius 3 is 2.47 bits per heavy atom. The summed E-state index contributed by atoms with van der Waals surface area (Å²) in [4.78, 5) is 0. The van der Waals surface area contributed by atoms with E-state index in [1.165, 1.54) is 37.7 Å². The first kappa shape index (κ1) is 25.2. The van der Waals surface area contributed by atoms with E-state index in [-0.39, 0.29) is 0 Å². The molecule has 30 heavy (non-hydrogen) atoms. The van der Waals surface area contributed by atoms with E-state index in [2.05, 4.69) is 72.4 Å². The first-order valence-corrected chi connectivity index (χ1v) is 12.6. The first-order valence-electron chi connectivity index (χ1n) is 12.6. The maximum atomic E-state index is 10.2. The topological polar surface area (TPSA) is 20.2 Å². The Kier molecular flexibility index (Phi) is 9.22. The van der Waals surface area contributed by atoms with Crippen molar-refractivity contribution in [1.29, 1.82) is 0 Å². The Hall–Kier alpha value is -1.08. The monoisotopic (exact) mass is 412 g/mol. The van der Waals surface area contributed by atoms with E-state index < -0.39 is 6.10 Å². The number of rotatable bonds is 9. The van der Waals surface area contributed by atoms with Crippen LogP contribution in [-0.2, 0) is 0 Å². The predicted molar refractivity (Wildman–Crippen MR) is 132 cm³/mol. The number of hydrogen-bond donors (Lipinski definition) is 1. The van der Waals surface area contributed by atoms with Gasteiger partial charge in [0, 0.05) is 0 Å². The highest BCUT2D eigenvalue weighted by Crippen LogP contribution is 2.59. The van der Waals surface area contributed by atoms with Gasteiger partial charge in [-0.15, -0.1) is 0 Å². The van der Waals surface area contributed by atoms with Crippen LogP contribution in [0.2, 0.25) is 0 Å². The van der Waals surface area contributed by atoms with Crippen molar-refractivity contribution in [2.75, 3.05) is 0 Å². The van der Waals surface area contributed by atoms with Crippen molar-refractivity contribution in [2.24, 2.45) is 35.0 Å². The number of aliphatic hydroxyl groups excluding tert-OH is 1. The quantitative estimate of drug-likeness (QED) is 0.298. The summed E-state index contributed by atoms with van der Waals surface area (Å²) in [5, 5.41) is 10.2. The van der Waals surface area contributed by atoms with Crippen LogP contribution < -0.4 is 0 Å². The Bertz CT molecular complexity index is 664. The molecule has 0 heterocycles. The standard InChI is InChI=1S/C29H48O/c1-9-24(23(7)28(30)10-2)15-16-25-12-11-19-29(8)26(17-18-27(25)29)22(6)14-13-21(5)20(3)4/h13-16,20-22,26-28,30H,7,9-12,17-19H2,1-6,8H3/b14-13+,24-15-,25-16+/t21-,22+,26+,27?,28-,29+/m0/s1. The third-order valence-corrected chi connectivity index (χ3v) is 8.52. The van der Waals surface area contributed by atoms with Crippen LogP contribution in [0.15, 0.2) is 47.6 Å². The molecule has 0 aromatic carbocycles. The SMILES string of the molecule is C=C(/C(=C\C=C1/CCC[C@@]2(C)C1CC[C@@H]2[C@H](C)/C=C/[C@H](C)C(C)C)CC)[C@@H](O)CC. The van der Waals surface area contributed by atoms with E-state index in [0.717, 1.165) is 24.3 Å². The van der Waals surface area contributed by atoms with E-state index in [1.807, 2.05) is 6.92 Å². The Morgan fingerprint density at radius 2 is 1.87 bits per heavy atom. The lowest BCUT2D eigenvalue weighted by atomic mass is 9.61. The van der Waals surface area contributed by atoms with Crippen molar-refractivity contribution < 1.29 is 5.11 Å². The molecule has 2 aliphatic rings. The summed E-state index contributed by atoms with van der Waals surface area (Å²) in [5.74, 6) is 3.52. The van der Waals surface area contributed by atoms with Gasteiger partial charge in [0.15, 0.2) is 0 Å². The molecule has 0 spiro atoms. The minimum atomic E-state index is -0.414. The number of hydrogen-bond acceptors (Lipinski definition) is 1. The summed E-state index contributed by atoms with van der Waals surface area (Å²) in [7, 11) is 0.